The van der Waals surface area contributed by atoms with Crippen LogP contribution in [0, 0.1) is 6.92 Å². The molecule has 0 radical (unpaired) electrons. The average molecular weight is 415 g/mol. The van der Waals surface area contributed by atoms with Crippen LogP contribution in [0.5, 0.6) is 0 Å². The summed E-state index contributed by atoms with van der Waals surface area (Å²) in [6.45, 7) is 5.37. The maximum Gasteiger partial charge on any atom is 0.239 e. The second-order valence-electron chi connectivity index (χ2n) is 8.07. The number of carbonyl (C=O) groups excluding carboxylic acids is 2. The normalized spacial score (nSPS) is 18.6. The Hall–Kier alpha value is -2.72. The minimum Gasteiger partial charge on any atom is -0.360 e. The molecule has 30 heavy (non-hydrogen) atoms. The molecule has 2 amide bonds. The van der Waals surface area contributed by atoms with Crippen LogP contribution in [0.15, 0.2) is 22.9 Å². The van der Waals surface area contributed by atoms with E-state index in [9.17, 15) is 9.59 Å². The van der Waals surface area contributed by atoms with Gasteiger partial charge in [0.05, 0.1) is 25.3 Å². The van der Waals surface area contributed by atoms with Gasteiger partial charge in [-0.05, 0) is 19.8 Å². The number of nitrogens with one attached hydrogen (secondary N) is 2. The van der Waals surface area contributed by atoms with E-state index in [4.69, 9.17) is 4.52 Å². The van der Waals surface area contributed by atoms with Gasteiger partial charge in [-0.3, -0.25) is 19.4 Å². The van der Waals surface area contributed by atoms with Gasteiger partial charge in [0.15, 0.2) is 5.82 Å². The Labute approximate surface area is 175 Å². The lowest BCUT2D eigenvalue weighted by Gasteiger charge is -2.33. The van der Waals surface area contributed by atoms with Crippen LogP contribution < -0.4 is 10.6 Å². The van der Waals surface area contributed by atoms with Crippen molar-refractivity contribution in [2.45, 2.75) is 38.6 Å². The number of hydrogen-bond donors (Lipinski definition) is 2. The summed E-state index contributed by atoms with van der Waals surface area (Å²) >= 11 is 0. The highest BCUT2D eigenvalue weighted by atomic mass is 16.5. The van der Waals surface area contributed by atoms with Gasteiger partial charge < -0.3 is 15.2 Å². The Bertz CT molecular complexity index is 863. The molecule has 2 aromatic rings. The van der Waals surface area contributed by atoms with Crippen molar-refractivity contribution in [3.05, 3.63) is 24.1 Å². The summed E-state index contributed by atoms with van der Waals surface area (Å²) in [4.78, 5) is 28.9. The lowest BCUT2D eigenvalue weighted by Crippen LogP contribution is -2.50. The van der Waals surface area contributed by atoms with Crippen molar-refractivity contribution < 1.29 is 14.1 Å². The number of aryl methyl sites for hydroxylation is 1. The molecule has 10 heteroatoms. The Balaban J connectivity index is 1.19. The second-order valence-corrected chi connectivity index (χ2v) is 8.07. The van der Waals surface area contributed by atoms with Crippen molar-refractivity contribution in [2.24, 2.45) is 0 Å². The van der Waals surface area contributed by atoms with Crippen molar-refractivity contribution in [3.63, 3.8) is 0 Å². The van der Waals surface area contributed by atoms with E-state index >= 15 is 0 Å². The molecule has 1 aliphatic carbocycles. The molecule has 0 bridgehead atoms. The summed E-state index contributed by atoms with van der Waals surface area (Å²) in [5.41, 5.74) is 0. The molecular formula is C20H29N7O3. The lowest BCUT2D eigenvalue weighted by atomic mass is 10.2. The number of hydrogen-bond acceptors (Lipinski definition) is 7. The topological polar surface area (TPSA) is 109 Å². The summed E-state index contributed by atoms with van der Waals surface area (Å²) in [6, 6.07) is 3.95. The van der Waals surface area contributed by atoms with E-state index in [1.54, 1.807) is 19.2 Å². The number of nitrogens with zero attached hydrogens (tertiary/aromatic N) is 5. The zero-order chi connectivity index (χ0) is 20.9. The number of piperazine rings is 1. The van der Waals surface area contributed by atoms with Crippen LogP contribution in [-0.4, -0.2) is 75.8 Å². The first-order chi connectivity index (χ1) is 14.6. The molecule has 4 rings (SSSR count). The Morgan fingerprint density at radius 2 is 1.70 bits per heavy atom. The van der Waals surface area contributed by atoms with Gasteiger partial charge in [-0.2, -0.15) is 5.10 Å². The van der Waals surface area contributed by atoms with Gasteiger partial charge in [-0.25, -0.2) is 4.68 Å². The monoisotopic (exact) mass is 415 g/mol. The lowest BCUT2D eigenvalue weighted by molar-refractivity contribution is -0.120. The quantitative estimate of drug-likeness (QED) is 0.705. The molecule has 0 unspecified atom stereocenters. The van der Waals surface area contributed by atoms with Crippen LogP contribution in [0.3, 0.4) is 0 Å². The highest BCUT2D eigenvalue weighted by molar-refractivity contribution is 5.92. The molecule has 3 heterocycles. The standard InChI is InChI=1S/C20H29N7O3/c1-15-12-17(24-30-15)22-19(28)13-25-8-10-26(11-9-25)14-20(29)23-18-6-7-21-27(18)16-4-2-3-5-16/h6-7,12,16H,2-5,8-11,13-14H2,1H3,(H,23,29)(H,22,24,28). The van der Waals surface area contributed by atoms with Crippen LogP contribution in [0.1, 0.15) is 37.5 Å². The minimum atomic E-state index is -0.116. The van der Waals surface area contributed by atoms with Gasteiger partial charge in [0.1, 0.15) is 11.6 Å². The first-order valence-corrected chi connectivity index (χ1v) is 10.6. The summed E-state index contributed by atoms with van der Waals surface area (Å²) in [5.74, 6) is 1.73. The van der Waals surface area contributed by atoms with E-state index in [0.717, 1.165) is 44.8 Å². The minimum absolute atomic E-state index is 0.0256. The van der Waals surface area contributed by atoms with Crippen LogP contribution in [0.4, 0.5) is 11.6 Å². The second kappa shape index (κ2) is 9.40. The molecule has 2 fully saturated rings. The van der Waals surface area contributed by atoms with Gasteiger partial charge in [-0.1, -0.05) is 18.0 Å². The Morgan fingerprint density at radius 1 is 1.07 bits per heavy atom. The van der Waals surface area contributed by atoms with Crippen LogP contribution >= 0.6 is 0 Å². The summed E-state index contributed by atoms with van der Waals surface area (Å²) in [5, 5.41) is 13.9. The highest BCUT2D eigenvalue weighted by Crippen LogP contribution is 2.31. The Morgan fingerprint density at radius 3 is 2.30 bits per heavy atom. The predicted molar refractivity (Wildman–Crippen MR) is 111 cm³/mol. The smallest absolute Gasteiger partial charge is 0.239 e. The molecule has 2 N–H and O–H groups in total. The molecule has 162 valence electrons. The summed E-state index contributed by atoms with van der Waals surface area (Å²) < 4.78 is 6.91. The molecule has 2 aliphatic rings. The number of carbonyl (C=O) groups is 2. The molecule has 2 aromatic heterocycles. The van der Waals surface area contributed by atoms with Gasteiger partial charge in [0, 0.05) is 38.3 Å². The van der Waals surface area contributed by atoms with Crippen molar-refractivity contribution in [2.75, 3.05) is 49.9 Å². The summed E-state index contributed by atoms with van der Waals surface area (Å²) in [7, 11) is 0. The molecule has 10 nitrogen and oxygen atoms in total. The molecule has 0 spiro atoms. The fourth-order valence-electron chi connectivity index (χ4n) is 4.15. The maximum absolute atomic E-state index is 12.5. The summed E-state index contributed by atoms with van der Waals surface area (Å²) in [6.07, 6.45) is 6.43. The third kappa shape index (κ3) is 5.25. The largest absolute Gasteiger partial charge is 0.360 e. The third-order valence-corrected chi connectivity index (χ3v) is 5.70. The van der Waals surface area contributed by atoms with Crippen molar-refractivity contribution in [1.82, 2.24) is 24.7 Å². The SMILES string of the molecule is Cc1cc(NC(=O)CN2CCN(CC(=O)Nc3ccnn3C3CCCC3)CC2)no1. The number of aromatic nitrogens is 3. The Kier molecular flexibility index (Phi) is 6.44. The molecule has 1 saturated carbocycles. The van der Waals surface area contributed by atoms with Gasteiger partial charge in [-0.15, -0.1) is 0 Å². The van der Waals surface area contributed by atoms with Gasteiger partial charge in [0.25, 0.3) is 0 Å². The zero-order valence-electron chi connectivity index (χ0n) is 17.3. The fraction of sp³-hybridized carbons (Fsp3) is 0.600. The predicted octanol–water partition coefficient (Wildman–Crippen LogP) is 1.49. The fourth-order valence-corrected chi connectivity index (χ4v) is 4.15. The van der Waals surface area contributed by atoms with Crippen LogP contribution in [0.25, 0.3) is 0 Å². The van der Waals surface area contributed by atoms with Gasteiger partial charge >= 0.3 is 0 Å². The molecule has 1 aliphatic heterocycles. The van der Waals surface area contributed by atoms with Crippen LogP contribution in [-0.2, 0) is 9.59 Å². The van der Waals surface area contributed by atoms with Crippen molar-refractivity contribution in [1.29, 1.82) is 0 Å². The highest BCUT2D eigenvalue weighted by Gasteiger charge is 2.23. The molecule has 0 atom stereocenters. The van der Waals surface area contributed by atoms with Crippen molar-refractivity contribution in [3.8, 4) is 0 Å². The van der Waals surface area contributed by atoms with E-state index in [0.29, 0.717) is 30.7 Å². The first-order valence-electron chi connectivity index (χ1n) is 10.6. The molecule has 0 aromatic carbocycles. The van der Waals surface area contributed by atoms with E-state index in [1.165, 1.54) is 12.8 Å². The number of anilines is 2. The third-order valence-electron chi connectivity index (χ3n) is 5.70. The number of amides is 2. The van der Waals surface area contributed by atoms with E-state index < -0.39 is 0 Å². The average Bonchev–Trinajstić information content (AvgIpc) is 3.45. The zero-order valence-corrected chi connectivity index (χ0v) is 17.3. The van der Waals surface area contributed by atoms with Gasteiger partial charge in [0.2, 0.25) is 11.8 Å². The van der Waals surface area contributed by atoms with E-state index in [1.807, 2.05) is 10.7 Å². The first kappa shape index (κ1) is 20.5. The van der Waals surface area contributed by atoms with E-state index in [-0.39, 0.29) is 11.8 Å². The maximum atomic E-state index is 12.5. The molecule has 1 saturated heterocycles. The molecular weight excluding hydrogens is 386 g/mol. The van der Waals surface area contributed by atoms with Crippen LogP contribution in [0.2, 0.25) is 0 Å². The van der Waals surface area contributed by atoms with E-state index in [2.05, 4.69) is 30.7 Å². The number of rotatable bonds is 7. The van der Waals surface area contributed by atoms with Crippen molar-refractivity contribution >= 4 is 23.5 Å².